The number of hydrogen-bond donors (Lipinski definition) is 2. The molecule has 1 aromatic rings. The molecule has 3 heteroatoms. The maximum Gasteiger partial charge on any atom is 0.0208 e. The third-order valence-corrected chi connectivity index (χ3v) is 3.11. The molecule has 2 nitrogen and oxygen atoms in total. The monoisotopic (exact) mass is 256 g/mol. The van der Waals surface area contributed by atoms with Crippen molar-refractivity contribution < 1.29 is 0 Å². The summed E-state index contributed by atoms with van der Waals surface area (Å²) in [5, 5.41) is 3.37. The molecular weight excluding hydrogens is 240 g/mol. The summed E-state index contributed by atoms with van der Waals surface area (Å²) < 4.78 is 1.18. The molecule has 0 unspecified atom stereocenters. The normalized spacial score (nSPS) is 10.5. The lowest BCUT2D eigenvalue weighted by Gasteiger charge is -2.08. The lowest BCUT2D eigenvalue weighted by Crippen LogP contribution is -2.18. The summed E-state index contributed by atoms with van der Waals surface area (Å²) in [5.41, 5.74) is 8.07. The molecule has 0 aliphatic carbocycles. The van der Waals surface area contributed by atoms with E-state index in [1.54, 1.807) is 0 Å². The fraction of sp³-hybridized carbons (Fsp3) is 0.455. The zero-order valence-corrected chi connectivity index (χ0v) is 10.1. The average molecular weight is 257 g/mol. The van der Waals surface area contributed by atoms with Gasteiger partial charge in [0.25, 0.3) is 0 Å². The van der Waals surface area contributed by atoms with Crippen LogP contribution in [0, 0.1) is 6.92 Å². The van der Waals surface area contributed by atoms with Crippen LogP contribution >= 0.6 is 15.9 Å². The van der Waals surface area contributed by atoms with Gasteiger partial charge in [-0.05, 0) is 43.6 Å². The van der Waals surface area contributed by atoms with Crippen LogP contribution in [-0.2, 0) is 6.54 Å². The summed E-state index contributed by atoms with van der Waals surface area (Å²) >= 11 is 3.52. The van der Waals surface area contributed by atoms with E-state index >= 15 is 0 Å². The first kappa shape index (κ1) is 11.7. The number of halogens is 1. The molecule has 0 radical (unpaired) electrons. The summed E-state index contributed by atoms with van der Waals surface area (Å²) in [5.74, 6) is 0. The van der Waals surface area contributed by atoms with Gasteiger partial charge in [-0.25, -0.2) is 0 Å². The molecule has 1 aromatic carbocycles. The Hall–Kier alpha value is -0.380. The van der Waals surface area contributed by atoms with E-state index in [1.807, 2.05) is 0 Å². The van der Waals surface area contributed by atoms with Crippen molar-refractivity contribution in [3.63, 3.8) is 0 Å². The van der Waals surface area contributed by atoms with Crippen molar-refractivity contribution >= 4 is 15.9 Å². The Kier molecular flexibility index (Phi) is 5.15. The van der Waals surface area contributed by atoms with Gasteiger partial charge in [0.1, 0.15) is 0 Å². The van der Waals surface area contributed by atoms with Gasteiger partial charge in [-0.15, -0.1) is 0 Å². The Balaban J connectivity index is 2.46. The molecule has 0 spiro atoms. The molecule has 1 rings (SSSR count). The Morgan fingerprint density at radius 3 is 2.93 bits per heavy atom. The highest BCUT2D eigenvalue weighted by Gasteiger charge is 2.00. The van der Waals surface area contributed by atoms with Crippen LogP contribution in [0.2, 0.25) is 0 Å². The molecular formula is C11H17BrN2. The summed E-state index contributed by atoms with van der Waals surface area (Å²) in [4.78, 5) is 0. The third-order valence-electron chi connectivity index (χ3n) is 2.25. The van der Waals surface area contributed by atoms with Crippen molar-refractivity contribution in [2.45, 2.75) is 19.9 Å². The first-order valence-electron chi connectivity index (χ1n) is 4.90. The highest BCUT2D eigenvalue weighted by molar-refractivity contribution is 9.10. The van der Waals surface area contributed by atoms with Gasteiger partial charge in [-0.3, -0.25) is 0 Å². The molecule has 0 saturated heterocycles. The molecule has 78 valence electrons. The van der Waals surface area contributed by atoms with Crippen LogP contribution in [0.4, 0.5) is 0 Å². The van der Waals surface area contributed by atoms with Crippen molar-refractivity contribution in [3.8, 4) is 0 Å². The first-order chi connectivity index (χ1) is 6.75. The van der Waals surface area contributed by atoms with Crippen LogP contribution in [0.5, 0.6) is 0 Å². The lowest BCUT2D eigenvalue weighted by atomic mass is 10.1. The predicted molar refractivity (Wildman–Crippen MR) is 64.3 cm³/mol. The van der Waals surface area contributed by atoms with Gasteiger partial charge in [0, 0.05) is 11.0 Å². The van der Waals surface area contributed by atoms with Crippen molar-refractivity contribution in [2.24, 2.45) is 5.73 Å². The minimum Gasteiger partial charge on any atom is -0.330 e. The first-order valence-corrected chi connectivity index (χ1v) is 5.69. The van der Waals surface area contributed by atoms with Crippen LogP contribution in [0.25, 0.3) is 0 Å². The summed E-state index contributed by atoms with van der Waals surface area (Å²) in [6, 6.07) is 6.28. The molecule has 3 N–H and O–H groups in total. The van der Waals surface area contributed by atoms with E-state index in [0.29, 0.717) is 0 Å². The molecule has 0 bridgehead atoms. The predicted octanol–water partition coefficient (Wildman–Crippen LogP) is 2.20. The maximum atomic E-state index is 5.41. The van der Waals surface area contributed by atoms with E-state index in [0.717, 1.165) is 26.1 Å². The maximum absolute atomic E-state index is 5.41. The zero-order chi connectivity index (χ0) is 10.4. The Labute approximate surface area is 94.0 Å². The van der Waals surface area contributed by atoms with Crippen LogP contribution in [0.15, 0.2) is 22.7 Å². The largest absolute Gasteiger partial charge is 0.330 e. The second kappa shape index (κ2) is 6.17. The molecule has 0 aromatic heterocycles. The quantitative estimate of drug-likeness (QED) is 0.793. The number of rotatable bonds is 5. The van der Waals surface area contributed by atoms with Gasteiger partial charge in [0.05, 0.1) is 0 Å². The van der Waals surface area contributed by atoms with Gasteiger partial charge in [0.2, 0.25) is 0 Å². The Morgan fingerprint density at radius 2 is 2.21 bits per heavy atom. The average Bonchev–Trinajstić information content (AvgIpc) is 2.19. The fourth-order valence-electron chi connectivity index (χ4n) is 1.29. The second-order valence-electron chi connectivity index (χ2n) is 3.34. The standard InChI is InChI=1S/C11H17BrN2/c1-9-10(4-2-5-11(9)12)8-14-7-3-6-13/h2,4-5,14H,3,6-8,13H2,1H3. The van der Waals surface area contributed by atoms with Crippen molar-refractivity contribution in [1.82, 2.24) is 5.32 Å². The molecule has 0 fully saturated rings. The van der Waals surface area contributed by atoms with Gasteiger partial charge < -0.3 is 11.1 Å². The van der Waals surface area contributed by atoms with Crippen LogP contribution < -0.4 is 11.1 Å². The number of nitrogens with two attached hydrogens (primary N) is 1. The van der Waals surface area contributed by atoms with Crippen LogP contribution in [0.1, 0.15) is 17.5 Å². The van der Waals surface area contributed by atoms with Gasteiger partial charge >= 0.3 is 0 Å². The molecule has 0 saturated carbocycles. The lowest BCUT2D eigenvalue weighted by molar-refractivity contribution is 0.653. The van der Waals surface area contributed by atoms with E-state index in [1.165, 1.54) is 15.6 Å². The number of hydrogen-bond acceptors (Lipinski definition) is 2. The Bertz CT molecular complexity index is 287. The van der Waals surface area contributed by atoms with Crippen LogP contribution in [0.3, 0.4) is 0 Å². The van der Waals surface area contributed by atoms with Crippen LogP contribution in [-0.4, -0.2) is 13.1 Å². The SMILES string of the molecule is Cc1c(Br)cccc1CNCCCN. The summed E-state index contributed by atoms with van der Waals surface area (Å²) in [6.45, 7) is 4.79. The fourth-order valence-corrected chi connectivity index (χ4v) is 1.70. The van der Waals surface area contributed by atoms with Gasteiger partial charge in [-0.2, -0.15) is 0 Å². The Morgan fingerprint density at radius 1 is 1.43 bits per heavy atom. The zero-order valence-electron chi connectivity index (χ0n) is 8.52. The van der Waals surface area contributed by atoms with E-state index < -0.39 is 0 Å². The van der Waals surface area contributed by atoms with E-state index in [-0.39, 0.29) is 0 Å². The van der Waals surface area contributed by atoms with E-state index in [2.05, 4.69) is 46.4 Å². The highest BCUT2D eigenvalue weighted by Crippen LogP contribution is 2.18. The smallest absolute Gasteiger partial charge is 0.0208 e. The molecule has 0 heterocycles. The number of benzene rings is 1. The molecule has 0 atom stereocenters. The molecule has 0 aliphatic rings. The molecule has 0 amide bonds. The minimum atomic E-state index is 0.754. The summed E-state index contributed by atoms with van der Waals surface area (Å²) in [6.07, 6.45) is 1.03. The van der Waals surface area contributed by atoms with Crippen molar-refractivity contribution in [2.75, 3.05) is 13.1 Å². The van der Waals surface area contributed by atoms with Gasteiger partial charge in [0.15, 0.2) is 0 Å². The topological polar surface area (TPSA) is 38.0 Å². The molecule has 0 aliphatic heterocycles. The van der Waals surface area contributed by atoms with Gasteiger partial charge in [-0.1, -0.05) is 28.1 Å². The van der Waals surface area contributed by atoms with E-state index in [9.17, 15) is 0 Å². The second-order valence-corrected chi connectivity index (χ2v) is 4.20. The summed E-state index contributed by atoms with van der Waals surface area (Å²) in [7, 11) is 0. The minimum absolute atomic E-state index is 0.754. The third kappa shape index (κ3) is 3.40. The molecule has 14 heavy (non-hydrogen) atoms. The van der Waals surface area contributed by atoms with Crippen molar-refractivity contribution in [3.05, 3.63) is 33.8 Å². The van der Waals surface area contributed by atoms with Crippen molar-refractivity contribution in [1.29, 1.82) is 0 Å². The highest BCUT2D eigenvalue weighted by atomic mass is 79.9. The number of nitrogens with one attached hydrogen (secondary N) is 1. The van der Waals surface area contributed by atoms with E-state index in [4.69, 9.17) is 5.73 Å².